The van der Waals surface area contributed by atoms with Crippen LogP contribution in [-0.2, 0) is 0 Å². The van der Waals surface area contributed by atoms with Crippen molar-refractivity contribution in [3.05, 3.63) is 212 Å². The Balaban J connectivity index is 0.00000215. The molecule has 0 saturated heterocycles. The average molecular weight is 749 g/mol. The van der Waals surface area contributed by atoms with E-state index in [-0.39, 0.29) is 0 Å². The molecule has 10 rings (SSSR count). The second kappa shape index (κ2) is 16.0. The van der Waals surface area contributed by atoms with Gasteiger partial charge in [-0.3, -0.25) is 0 Å². The Morgan fingerprint density at radius 2 is 0.931 bits per heavy atom. The Morgan fingerprint density at radius 1 is 0.379 bits per heavy atom. The van der Waals surface area contributed by atoms with E-state index in [4.69, 9.17) is 4.74 Å². The Hall–Kier alpha value is -7.36. The highest BCUT2D eigenvalue weighted by Gasteiger charge is 2.17. The van der Waals surface area contributed by atoms with Crippen LogP contribution in [0.25, 0.3) is 71.6 Å². The third-order valence-corrected chi connectivity index (χ3v) is 10.9. The van der Waals surface area contributed by atoms with Gasteiger partial charge in [-0.25, -0.2) is 0 Å². The molecule has 0 radical (unpaired) electrons. The number of methoxy groups -OCH3 is 1. The van der Waals surface area contributed by atoms with Crippen LogP contribution in [0.5, 0.6) is 5.75 Å². The number of rotatable bonds is 8. The highest BCUT2D eigenvalue weighted by atomic mass is 16.5. The van der Waals surface area contributed by atoms with Crippen LogP contribution in [0.4, 0.5) is 17.1 Å². The van der Waals surface area contributed by atoms with Crippen LogP contribution in [0.2, 0.25) is 0 Å². The van der Waals surface area contributed by atoms with Gasteiger partial charge in [0.25, 0.3) is 0 Å². The molecule has 1 heterocycles. The molecular weight excluding hydrogens is 705 g/mol. The molecule has 0 aliphatic carbocycles. The van der Waals surface area contributed by atoms with Gasteiger partial charge >= 0.3 is 0 Å². The molecule has 0 amide bonds. The highest BCUT2D eigenvalue weighted by Crippen LogP contribution is 2.41. The van der Waals surface area contributed by atoms with E-state index in [0.717, 1.165) is 39.6 Å². The summed E-state index contributed by atoms with van der Waals surface area (Å²) in [5, 5.41) is 4.90. The monoisotopic (exact) mass is 748 g/mol. The van der Waals surface area contributed by atoms with E-state index < -0.39 is 0 Å². The largest absolute Gasteiger partial charge is 0.497 e. The van der Waals surface area contributed by atoms with Gasteiger partial charge in [-0.05, 0) is 105 Å². The second-order valence-electron chi connectivity index (χ2n) is 14.2. The number of anilines is 3. The van der Waals surface area contributed by atoms with E-state index in [2.05, 4.69) is 210 Å². The third kappa shape index (κ3) is 6.78. The summed E-state index contributed by atoms with van der Waals surface area (Å²) in [7, 11) is 1.70. The van der Waals surface area contributed by atoms with Crippen molar-refractivity contribution in [2.75, 3.05) is 12.0 Å². The second-order valence-corrected chi connectivity index (χ2v) is 14.2. The van der Waals surface area contributed by atoms with Crippen molar-refractivity contribution in [3.8, 4) is 44.8 Å². The topological polar surface area (TPSA) is 17.4 Å². The molecule has 0 saturated carbocycles. The van der Waals surface area contributed by atoms with Crippen molar-refractivity contribution in [1.29, 1.82) is 0 Å². The molecule has 58 heavy (non-hydrogen) atoms. The molecule has 3 nitrogen and oxygen atoms in total. The molecule has 1 aromatic heterocycles. The lowest BCUT2D eigenvalue weighted by Crippen LogP contribution is -2.10. The number of benzene rings is 9. The van der Waals surface area contributed by atoms with E-state index in [9.17, 15) is 0 Å². The summed E-state index contributed by atoms with van der Waals surface area (Å²) in [6.07, 6.45) is 0. The first-order valence-corrected chi connectivity index (χ1v) is 20.0. The molecule has 0 aliphatic rings. The van der Waals surface area contributed by atoms with Crippen molar-refractivity contribution >= 4 is 49.6 Å². The van der Waals surface area contributed by atoms with E-state index >= 15 is 0 Å². The van der Waals surface area contributed by atoms with Crippen molar-refractivity contribution in [1.82, 2.24) is 4.57 Å². The Kier molecular flexibility index (Phi) is 10.0. The molecule has 0 spiro atoms. The normalized spacial score (nSPS) is 11.0. The Morgan fingerprint density at radius 3 is 1.69 bits per heavy atom. The molecule has 10 aromatic rings. The number of fused-ring (bicyclic) bond motifs is 4. The first-order valence-electron chi connectivity index (χ1n) is 20.0. The molecule has 0 unspecified atom stereocenters. The molecule has 9 aromatic carbocycles. The van der Waals surface area contributed by atoms with Crippen molar-refractivity contribution < 1.29 is 4.74 Å². The molecular formula is C55H44N2O. The van der Waals surface area contributed by atoms with Crippen LogP contribution >= 0.6 is 0 Å². The molecule has 0 aliphatic heterocycles. The molecule has 0 bridgehead atoms. The average Bonchev–Trinajstić information content (AvgIpc) is 3.64. The van der Waals surface area contributed by atoms with Gasteiger partial charge in [-0.1, -0.05) is 159 Å². The summed E-state index contributed by atoms with van der Waals surface area (Å²) in [5.41, 5.74) is 13.9. The predicted octanol–water partition coefficient (Wildman–Crippen LogP) is 15.4. The van der Waals surface area contributed by atoms with Crippen LogP contribution in [0.1, 0.15) is 13.8 Å². The zero-order valence-corrected chi connectivity index (χ0v) is 33.0. The first kappa shape index (κ1) is 36.3. The summed E-state index contributed by atoms with van der Waals surface area (Å²) in [4.78, 5) is 2.34. The van der Waals surface area contributed by atoms with Crippen LogP contribution in [-0.4, -0.2) is 11.7 Å². The van der Waals surface area contributed by atoms with Crippen molar-refractivity contribution in [2.24, 2.45) is 0 Å². The summed E-state index contributed by atoms with van der Waals surface area (Å²) >= 11 is 0. The number of nitrogens with zero attached hydrogens (tertiary/aromatic N) is 2. The maximum atomic E-state index is 5.51. The summed E-state index contributed by atoms with van der Waals surface area (Å²) in [6.45, 7) is 4.00. The number of hydrogen-bond acceptors (Lipinski definition) is 2. The molecule has 280 valence electrons. The van der Waals surface area contributed by atoms with E-state index in [1.54, 1.807) is 7.11 Å². The van der Waals surface area contributed by atoms with Gasteiger partial charge in [0.1, 0.15) is 5.75 Å². The molecule has 0 N–H and O–H groups in total. The quantitative estimate of drug-likeness (QED) is 0.154. The van der Waals surface area contributed by atoms with Crippen LogP contribution in [0.15, 0.2) is 212 Å². The van der Waals surface area contributed by atoms with Crippen LogP contribution < -0.4 is 9.64 Å². The zero-order valence-electron chi connectivity index (χ0n) is 33.0. The standard InChI is InChI=1S/C53H38N2O.C2H6/c1-56-47-31-29-44(30-32-47)54(51-23-11-15-40-14-5-6-20-48(40)51)45-18-9-17-42(34-45)38-24-26-39(27-25-38)43-28-33-50-49-21-7-8-22-52(49)55(53(50)36-43)46-19-10-16-41(35-46)37-12-3-2-4-13-37;1-2/h2-36H,1H3;1-2H3. The lowest BCUT2D eigenvalue weighted by molar-refractivity contribution is 0.415. The maximum Gasteiger partial charge on any atom is 0.119 e. The summed E-state index contributed by atoms with van der Waals surface area (Å²) in [6, 6.07) is 76.2. The minimum absolute atomic E-state index is 0.832. The lowest BCUT2D eigenvalue weighted by Gasteiger charge is -2.27. The Labute approximate surface area is 340 Å². The third-order valence-electron chi connectivity index (χ3n) is 10.9. The van der Waals surface area contributed by atoms with Gasteiger partial charge in [0.2, 0.25) is 0 Å². The van der Waals surface area contributed by atoms with Gasteiger partial charge in [0, 0.05) is 33.2 Å². The van der Waals surface area contributed by atoms with Gasteiger partial charge in [-0.15, -0.1) is 0 Å². The summed E-state index contributed by atoms with van der Waals surface area (Å²) in [5.74, 6) is 0.832. The molecule has 3 heteroatoms. The smallest absolute Gasteiger partial charge is 0.119 e. The fraction of sp³-hybridized carbons (Fsp3) is 0.0545. The van der Waals surface area contributed by atoms with Crippen LogP contribution in [0, 0.1) is 0 Å². The van der Waals surface area contributed by atoms with Crippen molar-refractivity contribution in [2.45, 2.75) is 13.8 Å². The van der Waals surface area contributed by atoms with Gasteiger partial charge < -0.3 is 14.2 Å². The lowest BCUT2D eigenvalue weighted by atomic mass is 9.98. The maximum absolute atomic E-state index is 5.51. The van der Waals surface area contributed by atoms with E-state index in [1.807, 2.05) is 26.0 Å². The first-order chi connectivity index (χ1) is 28.7. The number of para-hydroxylation sites is 1. The Bertz CT molecular complexity index is 2990. The number of ether oxygens (including phenoxy) is 1. The fourth-order valence-electron chi connectivity index (χ4n) is 8.12. The SMILES string of the molecule is CC.COc1ccc(N(c2cccc(-c3ccc(-c4ccc5c6ccccc6n(-c6cccc(-c7ccccc7)c6)c5c4)cc3)c2)c2cccc3ccccc23)cc1. The molecule has 0 fully saturated rings. The van der Waals surface area contributed by atoms with Gasteiger partial charge in [0.05, 0.1) is 23.8 Å². The van der Waals surface area contributed by atoms with Gasteiger partial charge in [-0.2, -0.15) is 0 Å². The van der Waals surface area contributed by atoms with E-state index in [0.29, 0.717) is 0 Å². The number of hydrogen-bond donors (Lipinski definition) is 0. The zero-order chi connectivity index (χ0) is 39.4. The fourth-order valence-corrected chi connectivity index (χ4v) is 8.12. The minimum Gasteiger partial charge on any atom is -0.497 e. The summed E-state index contributed by atoms with van der Waals surface area (Å²) < 4.78 is 7.92. The van der Waals surface area contributed by atoms with E-state index in [1.165, 1.54) is 54.8 Å². The predicted molar refractivity (Wildman–Crippen MR) is 247 cm³/mol. The highest BCUT2D eigenvalue weighted by molar-refractivity contribution is 6.10. The van der Waals surface area contributed by atoms with Crippen LogP contribution in [0.3, 0.4) is 0 Å². The number of aromatic nitrogens is 1. The molecule has 0 atom stereocenters. The van der Waals surface area contributed by atoms with Gasteiger partial charge in [0.15, 0.2) is 0 Å². The minimum atomic E-state index is 0.832. The van der Waals surface area contributed by atoms with Crippen molar-refractivity contribution in [3.63, 3.8) is 0 Å².